The van der Waals surface area contributed by atoms with Crippen LogP contribution in [0.25, 0.3) is 0 Å². The van der Waals surface area contributed by atoms with Crippen molar-refractivity contribution in [2.45, 2.75) is 40.3 Å². The first-order chi connectivity index (χ1) is 12.9. The predicted octanol–water partition coefficient (Wildman–Crippen LogP) is 3.47. The predicted molar refractivity (Wildman–Crippen MR) is 125 cm³/mol. The molecule has 0 spiro atoms. The van der Waals surface area contributed by atoms with Crippen molar-refractivity contribution in [3.05, 3.63) is 47.0 Å². The zero-order valence-electron chi connectivity index (χ0n) is 17.4. The van der Waals surface area contributed by atoms with Crippen LogP contribution >= 0.6 is 24.0 Å². The van der Waals surface area contributed by atoms with Crippen LogP contribution in [0.5, 0.6) is 0 Å². The van der Waals surface area contributed by atoms with Gasteiger partial charge in [0.05, 0.1) is 17.9 Å². The molecule has 0 bridgehead atoms. The summed E-state index contributed by atoms with van der Waals surface area (Å²) in [4.78, 5) is 6.32. The monoisotopic (exact) mass is 502 g/mol. The fourth-order valence-corrected chi connectivity index (χ4v) is 2.86. The molecule has 0 radical (unpaired) electrons. The Labute approximate surface area is 184 Å². The van der Waals surface area contributed by atoms with E-state index in [-0.39, 0.29) is 29.8 Å². The van der Waals surface area contributed by atoms with Gasteiger partial charge in [0, 0.05) is 39.4 Å². The topological polar surface area (TPSA) is 57.5 Å². The van der Waals surface area contributed by atoms with E-state index < -0.39 is 0 Å². The molecule has 2 aromatic rings. The lowest BCUT2D eigenvalue weighted by Crippen LogP contribution is -2.38. The summed E-state index contributed by atoms with van der Waals surface area (Å²) >= 11 is 0. The van der Waals surface area contributed by atoms with Crippen molar-refractivity contribution >= 4 is 35.6 Å². The third kappa shape index (κ3) is 7.29. The number of nitrogens with one attached hydrogen (secondary N) is 2. The van der Waals surface area contributed by atoms with Gasteiger partial charge in [-0.2, -0.15) is 5.10 Å². The summed E-state index contributed by atoms with van der Waals surface area (Å²) in [7, 11) is 3.66. The molecule has 0 aliphatic heterocycles. The van der Waals surface area contributed by atoms with Gasteiger partial charge in [-0.15, -0.1) is 24.0 Å². The Morgan fingerprint density at radius 3 is 2.54 bits per heavy atom. The fourth-order valence-electron chi connectivity index (χ4n) is 2.86. The van der Waals surface area contributed by atoms with Gasteiger partial charge in [0.1, 0.15) is 5.82 Å². The summed E-state index contributed by atoms with van der Waals surface area (Å²) < 4.78 is 16.1. The maximum Gasteiger partial charge on any atom is 0.191 e. The smallest absolute Gasteiger partial charge is 0.191 e. The third-order valence-corrected chi connectivity index (χ3v) is 4.20. The van der Waals surface area contributed by atoms with Gasteiger partial charge in [0.25, 0.3) is 0 Å². The molecule has 28 heavy (non-hydrogen) atoms. The number of aromatic nitrogens is 2. The number of aryl methyl sites for hydroxylation is 3. The van der Waals surface area contributed by atoms with Crippen molar-refractivity contribution in [3.63, 3.8) is 0 Å². The van der Waals surface area contributed by atoms with Crippen molar-refractivity contribution < 1.29 is 4.39 Å². The highest BCUT2D eigenvalue weighted by Gasteiger charge is 2.06. The highest BCUT2D eigenvalue weighted by molar-refractivity contribution is 14.0. The van der Waals surface area contributed by atoms with E-state index in [9.17, 15) is 4.39 Å². The third-order valence-electron chi connectivity index (χ3n) is 4.20. The molecule has 0 aliphatic carbocycles. The van der Waals surface area contributed by atoms with Gasteiger partial charge >= 0.3 is 0 Å². The van der Waals surface area contributed by atoms with Gasteiger partial charge in [0.15, 0.2) is 5.96 Å². The minimum atomic E-state index is -0.226. The number of benzene rings is 1. The van der Waals surface area contributed by atoms with E-state index >= 15 is 0 Å². The number of hydrogen-bond acceptors (Lipinski definition) is 3. The second-order valence-corrected chi connectivity index (χ2v) is 6.81. The largest absolute Gasteiger partial charge is 0.375 e. The zero-order chi connectivity index (χ0) is 19.8. The SMILES string of the molecule is CCNC(=NCc1ccc(N(C)C)c(F)c1)NCCCn1nc(C)cc1C.I. The first-order valence-electron chi connectivity index (χ1n) is 9.39. The Balaban J connectivity index is 0.00000392. The van der Waals surface area contributed by atoms with Crippen LogP contribution in [0.1, 0.15) is 30.3 Å². The van der Waals surface area contributed by atoms with Gasteiger partial charge in [0.2, 0.25) is 0 Å². The van der Waals surface area contributed by atoms with Crippen LogP contribution in [-0.2, 0) is 13.1 Å². The van der Waals surface area contributed by atoms with Crippen LogP contribution in [0.3, 0.4) is 0 Å². The van der Waals surface area contributed by atoms with E-state index in [1.807, 2.05) is 38.7 Å². The van der Waals surface area contributed by atoms with Crippen LogP contribution in [-0.4, -0.2) is 42.9 Å². The van der Waals surface area contributed by atoms with Gasteiger partial charge < -0.3 is 15.5 Å². The number of rotatable bonds is 8. The number of halogens is 2. The Morgan fingerprint density at radius 2 is 1.96 bits per heavy atom. The number of aliphatic imine (C=N–C) groups is 1. The summed E-state index contributed by atoms with van der Waals surface area (Å²) in [5.41, 5.74) is 3.65. The van der Waals surface area contributed by atoms with Crippen LogP contribution < -0.4 is 15.5 Å². The molecule has 1 heterocycles. The van der Waals surface area contributed by atoms with Crippen molar-refractivity contribution in [2.75, 3.05) is 32.1 Å². The van der Waals surface area contributed by atoms with Crippen LogP contribution in [0, 0.1) is 19.7 Å². The number of hydrogen-bond donors (Lipinski definition) is 2. The molecule has 6 nitrogen and oxygen atoms in total. The average molecular weight is 502 g/mol. The Kier molecular flexibility index (Phi) is 10.3. The Bertz CT molecular complexity index is 772. The van der Waals surface area contributed by atoms with Gasteiger partial charge in [-0.3, -0.25) is 4.68 Å². The molecular weight excluding hydrogens is 470 g/mol. The van der Waals surface area contributed by atoms with E-state index in [2.05, 4.69) is 33.7 Å². The van der Waals surface area contributed by atoms with Gasteiger partial charge in [-0.1, -0.05) is 6.07 Å². The maximum absolute atomic E-state index is 14.1. The molecule has 0 unspecified atom stereocenters. The highest BCUT2D eigenvalue weighted by atomic mass is 127. The van der Waals surface area contributed by atoms with Gasteiger partial charge in [-0.05, 0) is 51.0 Å². The Hall–Kier alpha value is -1.84. The van der Waals surface area contributed by atoms with Crippen molar-refractivity contribution in [2.24, 2.45) is 4.99 Å². The van der Waals surface area contributed by atoms with E-state index in [0.717, 1.165) is 43.3 Å². The number of nitrogens with zero attached hydrogens (tertiary/aromatic N) is 4. The summed E-state index contributed by atoms with van der Waals surface area (Å²) in [6.07, 6.45) is 0.943. The van der Waals surface area contributed by atoms with E-state index in [1.165, 1.54) is 5.69 Å². The molecule has 2 N–H and O–H groups in total. The van der Waals surface area contributed by atoms with E-state index in [1.54, 1.807) is 17.0 Å². The fraction of sp³-hybridized carbons (Fsp3) is 0.500. The normalized spacial score (nSPS) is 11.1. The number of guanidine groups is 1. The molecular formula is C20H32FIN6. The first kappa shape index (κ1) is 24.2. The minimum Gasteiger partial charge on any atom is -0.375 e. The summed E-state index contributed by atoms with van der Waals surface area (Å²) in [6.45, 7) is 8.96. The molecule has 0 amide bonds. The first-order valence-corrected chi connectivity index (χ1v) is 9.39. The Morgan fingerprint density at radius 1 is 1.21 bits per heavy atom. The quantitative estimate of drug-likeness (QED) is 0.251. The van der Waals surface area contributed by atoms with Crippen LogP contribution in [0.15, 0.2) is 29.3 Å². The lowest BCUT2D eigenvalue weighted by Gasteiger charge is -2.14. The lowest BCUT2D eigenvalue weighted by atomic mass is 10.2. The minimum absolute atomic E-state index is 0. The molecule has 0 saturated carbocycles. The van der Waals surface area contributed by atoms with E-state index in [0.29, 0.717) is 12.2 Å². The molecule has 1 aromatic carbocycles. The highest BCUT2D eigenvalue weighted by Crippen LogP contribution is 2.18. The molecule has 8 heteroatoms. The standard InChI is InChI=1S/C20H31FN6.HI/c1-6-22-20(23-10-7-11-27-16(3)12-15(2)25-27)24-14-17-8-9-19(26(4)5)18(21)13-17;/h8-9,12-13H,6-7,10-11,14H2,1-5H3,(H2,22,23,24);1H. The average Bonchev–Trinajstić information content (AvgIpc) is 2.93. The second-order valence-electron chi connectivity index (χ2n) is 6.81. The van der Waals surface area contributed by atoms with E-state index in [4.69, 9.17) is 0 Å². The molecule has 0 aliphatic rings. The van der Waals surface area contributed by atoms with Crippen molar-refractivity contribution in [1.82, 2.24) is 20.4 Å². The molecule has 0 fully saturated rings. The summed E-state index contributed by atoms with van der Waals surface area (Å²) in [6, 6.07) is 7.33. The zero-order valence-corrected chi connectivity index (χ0v) is 19.8. The van der Waals surface area contributed by atoms with Crippen LogP contribution in [0.2, 0.25) is 0 Å². The summed E-state index contributed by atoms with van der Waals surface area (Å²) in [5.74, 6) is 0.513. The molecule has 1 aromatic heterocycles. The summed E-state index contributed by atoms with van der Waals surface area (Å²) in [5, 5.41) is 11.0. The number of anilines is 1. The van der Waals surface area contributed by atoms with Crippen molar-refractivity contribution in [3.8, 4) is 0 Å². The second kappa shape index (κ2) is 11.9. The molecule has 0 saturated heterocycles. The van der Waals surface area contributed by atoms with Crippen LogP contribution in [0.4, 0.5) is 10.1 Å². The van der Waals surface area contributed by atoms with Crippen molar-refractivity contribution in [1.29, 1.82) is 0 Å². The van der Waals surface area contributed by atoms with Gasteiger partial charge in [-0.25, -0.2) is 9.38 Å². The molecule has 156 valence electrons. The molecule has 2 rings (SSSR count). The molecule has 0 atom stereocenters. The maximum atomic E-state index is 14.1. The lowest BCUT2D eigenvalue weighted by molar-refractivity contribution is 0.555.